The Hall–Kier alpha value is -4.71. The molecule has 6 nitrogen and oxygen atoms in total. The van der Waals surface area contributed by atoms with Crippen LogP contribution in [-0.2, 0) is 28.6 Å². The Bertz CT molecular complexity index is 1760. The molecule has 0 bridgehead atoms. The molecule has 0 saturated heterocycles. The second-order valence-corrected chi connectivity index (χ2v) is 21.6. The van der Waals surface area contributed by atoms with Crippen LogP contribution >= 0.6 is 0 Å². The van der Waals surface area contributed by atoms with Gasteiger partial charge in [-0.3, -0.25) is 14.4 Å². The quantitative estimate of drug-likeness (QED) is 0.0261. The summed E-state index contributed by atoms with van der Waals surface area (Å²) in [5, 5.41) is 0. The van der Waals surface area contributed by atoms with Gasteiger partial charge in [0.1, 0.15) is 13.2 Å². The highest BCUT2D eigenvalue weighted by atomic mass is 16.6. The van der Waals surface area contributed by atoms with Crippen molar-refractivity contribution in [2.24, 2.45) is 0 Å². The predicted molar refractivity (Wildman–Crippen MR) is 352 cm³/mol. The van der Waals surface area contributed by atoms with Crippen LogP contribution in [0.2, 0.25) is 0 Å². The van der Waals surface area contributed by atoms with Gasteiger partial charge in [-0.2, -0.15) is 0 Å². The van der Waals surface area contributed by atoms with E-state index in [0.29, 0.717) is 19.3 Å². The maximum absolute atomic E-state index is 12.9. The highest BCUT2D eigenvalue weighted by molar-refractivity contribution is 5.71. The summed E-state index contributed by atoms with van der Waals surface area (Å²) in [6, 6.07) is 0. The number of carbonyl (C=O) groups excluding carboxylic acids is 3. The van der Waals surface area contributed by atoms with Crippen molar-refractivity contribution in [2.75, 3.05) is 13.2 Å². The first kappa shape index (κ1) is 76.3. The van der Waals surface area contributed by atoms with E-state index in [1.165, 1.54) is 83.5 Å². The Morgan fingerprint density at radius 1 is 0.259 bits per heavy atom. The van der Waals surface area contributed by atoms with E-state index in [1.54, 1.807) is 0 Å². The van der Waals surface area contributed by atoms with Gasteiger partial charge in [0.05, 0.1) is 0 Å². The summed E-state index contributed by atoms with van der Waals surface area (Å²) in [5.74, 6) is -0.930. The van der Waals surface area contributed by atoms with Crippen LogP contribution in [0.4, 0.5) is 0 Å². The zero-order chi connectivity index (χ0) is 58.5. The highest BCUT2D eigenvalue weighted by Crippen LogP contribution is 2.16. The molecule has 0 aliphatic heterocycles. The number of unbranched alkanes of at least 4 members (excludes halogenated alkanes) is 24. The largest absolute Gasteiger partial charge is 0.462 e. The molecule has 458 valence electrons. The number of hydrogen-bond acceptors (Lipinski definition) is 6. The van der Waals surface area contributed by atoms with Crippen LogP contribution in [0.1, 0.15) is 290 Å². The molecule has 0 saturated carbocycles. The van der Waals surface area contributed by atoms with Crippen molar-refractivity contribution in [2.45, 2.75) is 297 Å². The summed E-state index contributed by atoms with van der Waals surface area (Å²) in [6.07, 6.45) is 97.2. The number of esters is 3. The third-order valence-electron chi connectivity index (χ3n) is 13.8. The second-order valence-electron chi connectivity index (χ2n) is 21.6. The second kappa shape index (κ2) is 67.8. The van der Waals surface area contributed by atoms with Crippen molar-refractivity contribution >= 4 is 17.9 Å². The number of rotatable bonds is 59. The molecule has 0 fully saturated rings. The molecule has 0 aliphatic carbocycles. The maximum atomic E-state index is 12.9. The smallest absolute Gasteiger partial charge is 0.306 e. The monoisotopic (exact) mass is 1120 g/mol. The van der Waals surface area contributed by atoms with E-state index in [0.717, 1.165) is 167 Å². The Labute approximate surface area is 499 Å². The SMILES string of the molecule is CC/C=C\C/C=C\C/C=C\C/C=C\C/C=C\C/C=C\C/C=C\C/C=C\C/C=C\C/C=C\CCCCCCC(=O)OCC(COC(=O)CCCCCCC/C=C\C/C=C\CCC)OC(=O)CCCCCCCCCCCCCCCCC. The molecule has 0 N–H and O–H groups in total. The molecule has 0 spiro atoms. The fourth-order valence-electron chi connectivity index (χ4n) is 8.86. The lowest BCUT2D eigenvalue weighted by atomic mass is 10.0. The van der Waals surface area contributed by atoms with E-state index in [-0.39, 0.29) is 31.1 Å². The minimum atomic E-state index is -0.798. The van der Waals surface area contributed by atoms with Crippen LogP contribution in [0.3, 0.4) is 0 Å². The van der Waals surface area contributed by atoms with Crippen molar-refractivity contribution in [1.29, 1.82) is 0 Å². The van der Waals surface area contributed by atoms with Crippen molar-refractivity contribution in [3.63, 3.8) is 0 Å². The Balaban J connectivity index is 4.32. The van der Waals surface area contributed by atoms with E-state index in [9.17, 15) is 14.4 Å². The Kier molecular flexibility index (Phi) is 63.9. The normalized spacial score (nSPS) is 13.1. The summed E-state index contributed by atoms with van der Waals surface area (Å²) < 4.78 is 16.9. The van der Waals surface area contributed by atoms with Gasteiger partial charge in [0.25, 0.3) is 0 Å². The van der Waals surface area contributed by atoms with E-state index < -0.39 is 6.10 Å². The average Bonchev–Trinajstić information content (AvgIpc) is 3.46. The zero-order valence-electron chi connectivity index (χ0n) is 52.5. The topological polar surface area (TPSA) is 78.9 Å². The molecule has 0 radical (unpaired) electrons. The minimum absolute atomic E-state index is 0.0951. The van der Waals surface area contributed by atoms with E-state index in [2.05, 4.69) is 167 Å². The van der Waals surface area contributed by atoms with E-state index >= 15 is 0 Å². The predicted octanol–water partition coefficient (Wildman–Crippen LogP) is 23.1. The standard InChI is InChI=1S/C75H122O6/c1-4-7-10-13-16-19-22-25-27-28-29-30-31-32-33-34-35-36-37-38-39-40-41-42-43-44-45-46-48-50-53-56-59-62-65-68-74(77)80-71-72(70-79-73(76)67-64-61-58-55-52-49-24-21-18-15-12-9-6-3)81-75(78)69-66-63-60-57-54-51-47-26-23-20-17-14-11-8-5-2/h7,10,12,15-16,19,21,24-25,27,29-30,32-33,35-36,38-39,41-42,44-45,48,50,72H,4-6,8-9,11,13-14,17-18,20,22-23,26,28,31,34,37,40,43,46-47,49,51-71H2,1-3H3/b10-7-,15-12-,19-16-,24-21-,27-25-,30-29-,33-32-,36-35-,39-38-,42-41-,45-44-,50-48-. The molecule has 0 amide bonds. The van der Waals surface area contributed by atoms with Crippen LogP contribution < -0.4 is 0 Å². The molecule has 0 aliphatic rings. The molecule has 6 heteroatoms. The minimum Gasteiger partial charge on any atom is -0.462 e. The number of allylic oxidation sites excluding steroid dienone is 24. The molecular weight excluding hydrogens is 997 g/mol. The first-order chi connectivity index (χ1) is 40.0. The van der Waals surface area contributed by atoms with Crippen molar-refractivity contribution < 1.29 is 28.6 Å². The lowest BCUT2D eigenvalue weighted by Gasteiger charge is -2.18. The van der Waals surface area contributed by atoms with Gasteiger partial charge in [0.2, 0.25) is 0 Å². The average molecular weight is 1120 g/mol. The van der Waals surface area contributed by atoms with Crippen LogP contribution in [0.15, 0.2) is 146 Å². The first-order valence-corrected chi connectivity index (χ1v) is 33.3. The van der Waals surface area contributed by atoms with Gasteiger partial charge >= 0.3 is 17.9 Å². The van der Waals surface area contributed by atoms with Gasteiger partial charge < -0.3 is 14.2 Å². The summed E-state index contributed by atoms with van der Waals surface area (Å²) in [4.78, 5) is 38.3. The zero-order valence-corrected chi connectivity index (χ0v) is 52.5. The summed E-state index contributed by atoms with van der Waals surface area (Å²) >= 11 is 0. The molecule has 0 heterocycles. The third-order valence-corrected chi connectivity index (χ3v) is 13.8. The maximum Gasteiger partial charge on any atom is 0.306 e. The van der Waals surface area contributed by atoms with Gasteiger partial charge in [0, 0.05) is 19.3 Å². The van der Waals surface area contributed by atoms with Crippen LogP contribution in [0.25, 0.3) is 0 Å². The fraction of sp³-hybridized carbons (Fsp3) is 0.640. The number of hydrogen-bond donors (Lipinski definition) is 0. The lowest BCUT2D eigenvalue weighted by Crippen LogP contribution is -2.30. The van der Waals surface area contributed by atoms with Gasteiger partial charge in [-0.25, -0.2) is 0 Å². The third kappa shape index (κ3) is 66.0. The molecular formula is C75H122O6. The van der Waals surface area contributed by atoms with Gasteiger partial charge in [-0.1, -0.05) is 295 Å². The number of carbonyl (C=O) groups is 3. The van der Waals surface area contributed by atoms with Crippen molar-refractivity contribution in [1.82, 2.24) is 0 Å². The molecule has 81 heavy (non-hydrogen) atoms. The molecule has 1 unspecified atom stereocenters. The number of ether oxygens (including phenoxy) is 3. The highest BCUT2D eigenvalue weighted by Gasteiger charge is 2.19. The first-order valence-electron chi connectivity index (χ1n) is 33.3. The van der Waals surface area contributed by atoms with Crippen LogP contribution in [0, 0.1) is 0 Å². The van der Waals surface area contributed by atoms with Gasteiger partial charge in [-0.15, -0.1) is 0 Å². The lowest BCUT2D eigenvalue weighted by molar-refractivity contribution is -0.167. The molecule has 0 aromatic heterocycles. The fourth-order valence-corrected chi connectivity index (χ4v) is 8.86. The van der Waals surface area contributed by atoms with Crippen LogP contribution in [-0.4, -0.2) is 37.2 Å². The van der Waals surface area contributed by atoms with Gasteiger partial charge in [-0.05, 0) is 122 Å². The van der Waals surface area contributed by atoms with Gasteiger partial charge in [0.15, 0.2) is 6.10 Å². The molecule has 0 rings (SSSR count). The van der Waals surface area contributed by atoms with Crippen molar-refractivity contribution in [3.8, 4) is 0 Å². The molecule has 0 aromatic rings. The Morgan fingerprint density at radius 3 is 0.802 bits per heavy atom. The summed E-state index contributed by atoms with van der Waals surface area (Å²) in [6.45, 7) is 6.44. The Morgan fingerprint density at radius 2 is 0.506 bits per heavy atom. The van der Waals surface area contributed by atoms with Crippen molar-refractivity contribution in [3.05, 3.63) is 146 Å². The van der Waals surface area contributed by atoms with E-state index in [1.807, 2.05) is 0 Å². The molecule has 0 aromatic carbocycles. The van der Waals surface area contributed by atoms with Crippen LogP contribution in [0.5, 0.6) is 0 Å². The summed E-state index contributed by atoms with van der Waals surface area (Å²) in [5.41, 5.74) is 0. The molecule has 1 atom stereocenters. The van der Waals surface area contributed by atoms with E-state index in [4.69, 9.17) is 14.2 Å². The summed E-state index contributed by atoms with van der Waals surface area (Å²) in [7, 11) is 0.